The van der Waals surface area contributed by atoms with Crippen molar-refractivity contribution in [2.24, 2.45) is 9.98 Å². The van der Waals surface area contributed by atoms with Gasteiger partial charge < -0.3 is 4.74 Å². The van der Waals surface area contributed by atoms with E-state index in [1.807, 2.05) is 0 Å². The van der Waals surface area contributed by atoms with Gasteiger partial charge in [0.1, 0.15) is 17.4 Å². The number of methoxy groups -OCH3 is 1. The standard InChI is InChI=1S/C16H14ClN5O4S/c1-26-8-14(23)21-20-13-7-18-15(10-6-12(17)27-16(10)19-13)9-4-2-3-5-11(9)22(24)25/h2-6H,7-8H2,1H3,(H,19,20)(H,21,23). The zero-order chi connectivity index (χ0) is 19.4. The van der Waals surface area contributed by atoms with Gasteiger partial charge in [-0.3, -0.25) is 30.8 Å². The second-order valence-corrected chi connectivity index (χ2v) is 7.04. The van der Waals surface area contributed by atoms with Gasteiger partial charge in [0.15, 0.2) is 0 Å². The third-order valence-electron chi connectivity index (χ3n) is 3.54. The van der Waals surface area contributed by atoms with E-state index in [4.69, 9.17) is 16.3 Å². The number of carbonyl (C=O) groups is 1. The molecule has 2 N–H and O–H groups in total. The number of carbonyl (C=O) groups excluding carboxylic acids is 1. The molecule has 1 aliphatic rings. The van der Waals surface area contributed by atoms with Gasteiger partial charge in [-0.15, -0.1) is 11.3 Å². The first-order chi connectivity index (χ1) is 13.0. The van der Waals surface area contributed by atoms with E-state index >= 15 is 0 Å². The Bertz CT molecular complexity index is 956. The molecule has 2 aromatic rings. The Kier molecular flexibility index (Phi) is 5.79. The van der Waals surface area contributed by atoms with Crippen LogP contribution in [0.2, 0.25) is 4.34 Å². The van der Waals surface area contributed by atoms with Crippen LogP contribution in [-0.4, -0.2) is 42.6 Å². The zero-order valence-electron chi connectivity index (χ0n) is 14.1. The minimum atomic E-state index is -0.457. The molecule has 0 unspecified atom stereocenters. The minimum absolute atomic E-state index is 0.0608. The number of hydrogen-bond donors (Lipinski definition) is 2. The smallest absolute Gasteiger partial charge is 0.278 e. The lowest BCUT2D eigenvalue weighted by atomic mass is 10.0. The van der Waals surface area contributed by atoms with Gasteiger partial charge in [0.25, 0.3) is 11.6 Å². The van der Waals surface area contributed by atoms with Crippen LogP contribution < -0.4 is 10.9 Å². The maximum Gasteiger partial charge on any atom is 0.278 e. The molecule has 0 saturated heterocycles. The highest BCUT2D eigenvalue weighted by atomic mass is 35.5. The van der Waals surface area contributed by atoms with Gasteiger partial charge in [-0.25, -0.2) is 4.99 Å². The molecule has 0 saturated carbocycles. The van der Waals surface area contributed by atoms with Gasteiger partial charge in [-0.2, -0.15) is 0 Å². The van der Waals surface area contributed by atoms with Gasteiger partial charge >= 0.3 is 0 Å². The number of benzene rings is 1. The number of halogens is 1. The average Bonchev–Trinajstić information content (AvgIpc) is 2.91. The number of nitro benzene ring substituents is 1. The van der Waals surface area contributed by atoms with E-state index in [9.17, 15) is 14.9 Å². The molecule has 1 amide bonds. The number of fused-ring (bicyclic) bond motifs is 1. The molecule has 1 aromatic heterocycles. The molecule has 0 radical (unpaired) electrons. The monoisotopic (exact) mass is 407 g/mol. The predicted octanol–water partition coefficient (Wildman–Crippen LogP) is 2.46. The fraction of sp³-hybridized carbons (Fsp3) is 0.188. The van der Waals surface area contributed by atoms with Crippen LogP contribution in [0.4, 0.5) is 10.7 Å². The van der Waals surface area contributed by atoms with Crippen LogP contribution in [0.3, 0.4) is 0 Å². The molecule has 27 heavy (non-hydrogen) atoms. The van der Waals surface area contributed by atoms with Crippen LogP contribution in [0.15, 0.2) is 40.3 Å². The van der Waals surface area contributed by atoms with Gasteiger partial charge in [0.2, 0.25) is 0 Å². The van der Waals surface area contributed by atoms with Crippen LogP contribution in [0.1, 0.15) is 11.1 Å². The van der Waals surface area contributed by atoms with E-state index in [2.05, 4.69) is 20.8 Å². The molecule has 2 heterocycles. The highest BCUT2D eigenvalue weighted by Crippen LogP contribution is 2.38. The minimum Gasteiger partial charge on any atom is -0.375 e. The van der Waals surface area contributed by atoms with Gasteiger partial charge in [-0.1, -0.05) is 23.7 Å². The van der Waals surface area contributed by atoms with Crippen LogP contribution in [0.25, 0.3) is 0 Å². The Balaban J connectivity index is 1.97. The molecule has 0 atom stereocenters. The largest absolute Gasteiger partial charge is 0.375 e. The average molecular weight is 408 g/mol. The number of hydrogen-bond acceptors (Lipinski definition) is 8. The number of amides is 1. The van der Waals surface area contributed by atoms with Crippen LogP contribution in [0, 0.1) is 10.1 Å². The summed E-state index contributed by atoms with van der Waals surface area (Å²) in [5, 5.41) is 11.9. The third kappa shape index (κ3) is 4.30. The molecule has 0 aliphatic carbocycles. The molecule has 140 valence electrons. The molecule has 3 rings (SSSR count). The summed E-state index contributed by atoms with van der Waals surface area (Å²) in [6.07, 6.45) is 0. The summed E-state index contributed by atoms with van der Waals surface area (Å²) < 4.78 is 5.21. The Labute approximate surface area is 162 Å². The summed E-state index contributed by atoms with van der Waals surface area (Å²) in [6.45, 7) is -0.0191. The number of ether oxygens (including phenoxy) is 1. The fourth-order valence-electron chi connectivity index (χ4n) is 2.44. The van der Waals surface area contributed by atoms with Crippen molar-refractivity contribution < 1.29 is 14.5 Å². The van der Waals surface area contributed by atoms with E-state index in [-0.39, 0.29) is 24.7 Å². The molecule has 1 aliphatic heterocycles. The van der Waals surface area contributed by atoms with Crippen molar-refractivity contribution in [3.63, 3.8) is 0 Å². The zero-order valence-corrected chi connectivity index (χ0v) is 15.6. The summed E-state index contributed by atoms with van der Waals surface area (Å²) in [7, 11) is 1.41. The van der Waals surface area contributed by atoms with Crippen LogP contribution in [0.5, 0.6) is 0 Å². The lowest BCUT2D eigenvalue weighted by Crippen LogP contribution is -2.44. The van der Waals surface area contributed by atoms with Crippen molar-refractivity contribution in [2.75, 3.05) is 20.3 Å². The quantitative estimate of drug-likeness (QED) is 0.596. The molecular formula is C16H14ClN5O4S. The van der Waals surface area contributed by atoms with Crippen LogP contribution >= 0.6 is 22.9 Å². The molecule has 0 spiro atoms. The highest BCUT2D eigenvalue weighted by molar-refractivity contribution is 7.20. The van der Waals surface area contributed by atoms with E-state index < -0.39 is 4.92 Å². The summed E-state index contributed by atoms with van der Waals surface area (Å²) in [6, 6.07) is 8.02. The molecule has 1 aromatic carbocycles. The van der Waals surface area contributed by atoms with Crippen molar-refractivity contribution in [3.8, 4) is 0 Å². The Hall–Kier alpha value is -2.82. The second-order valence-electron chi connectivity index (χ2n) is 5.37. The van der Waals surface area contributed by atoms with Crippen molar-refractivity contribution in [1.82, 2.24) is 10.9 Å². The lowest BCUT2D eigenvalue weighted by Gasteiger charge is -2.08. The molecule has 9 nitrogen and oxygen atoms in total. The second kappa shape index (κ2) is 8.25. The Morgan fingerprint density at radius 3 is 2.93 bits per heavy atom. The van der Waals surface area contributed by atoms with E-state index in [1.165, 1.54) is 24.5 Å². The number of nitro groups is 1. The normalized spacial score (nSPS) is 13.1. The summed E-state index contributed by atoms with van der Waals surface area (Å²) in [5.74, 6) is -0.00964. The number of nitrogens with one attached hydrogen (secondary N) is 2. The molecular weight excluding hydrogens is 394 g/mol. The van der Waals surface area contributed by atoms with Crippen molar-refractivity contribution >= 4 is 51.1 Å². The fourth-order valence-corrected chi connectivity index (χ4v) is 3.55. The number of rotatable bonds is 4. The number of thiophene rings is 1. The number of hydrazine groups is 1. The summed E-state index contributed by atoms with van der Waals surface area (Å²) in [4.78, 5) is 31.4. The molecule has 0 fully saturated rings. The van der Waals surface area contributed by atoms with Crippen molar-refractivity contribution in [3.05, 3.63) is 55.9 Å². The Morgan fingerprint density at radius 1 is 1.41 bits per heavy atom. The number of nitrogens with zero attached hydrogens (tertiary/aromatic N) is 3. The third-order valence-corrected chi connectivity index (χ3v) is 4.70. The topological polar surface area (TPSA) is 118 Å². The first kappa shape index (κ1) is 19.0. The first-order valence-corrected chi connectivity index (χ1v) is 8.88. The molecule has 0 bridgehead atoms. The van der Waals surface area contributed by atoms with Gasteiger partial charge in [0.05, 0.1) is 27.1 Å². The number of aliphatic imine (C=N–C) groups is 2. The summed E-state index contributed by atoms with van der Waals surface area (Å²) >= 11 is 7.34. The van der Waals surface area contributed by atoms with Gasteiger partial charge in [0, 0.05) is 18.7 Å². The summed E-state index contributed by atoms with van der Waals surface area (Å²) in [5.41, 5.74) is 6.48. The van der Waals surface area contributed by atoms with Crippen molar-refractivity contribution in [2.45, 2.75) is 0 Å². The lowest BCUT2D eigenvalue weighted by molar-refractivity contribution is -0.385. The first-order valence-electron chi connectivity index (χ1n) is 7.69. The number of para-hydroxylation sites is 1. The van der Waals surface area contributed by atoms with Gasteiger partial charge in [-0.05, 0) is 12.1 Å². The van der Waals surface area contributed by atoms with Crippen molar-refractivity contribution in [1.29, 1.82) is 0 Å². The highest BCUT2D eigenvalue weighted by Gasteiger charge is 2.24. The molecule has 11 heteroatoms. The van der Waals surface area contributed by atoms with E-state index in [0.29, 0.717) is 32.0 Å². The number of amidine groups is 1. The predicted molar refractivity (Wildman–Crippen MR) is 103 cm³/mol. The van der Waals surface area contributed by atoms with Crippen LogP contribution in [-0.2, 0) is 9.53 Å². The maximum atomic E-state index is 11.5. The van der Waals surface area contributed by atoms with E-state index in [0.717, 1.165) is 0 Å². The maximum absolute atomic E-state index is 11.5. The SMILES string of the molecule is COCC(=O)NNC1=Nc2sc(Cl)cc2C(c2ccccc2[N+](=O)[O-])=NC1. The Morgan fingerprint density at radius 2 is 2.19 bits per heavy atom. The van der Waals surface area contributed by atoms with E-state index in [1.54, 1.807) is 24.3 Å².